The zero-order chi connectivity index (χ0) is 17.0. The largest absolute Gasteiger partial charge is 0.490 e. The summed E-state index contributed by atoms with van der Waals surface area (Å²) in [5.41, 5.74) is 2.17. The van der Waals surface area contributed by atoms with Crippen molar-refractivity contribution >= 4 is 22.4 Å². The number of nitrogens with zero attached hydrogens (tertiary/aromatic N) is 1. The van der Waals surface area contributed by atoms with Crippen molar-refractivity contribution in [2.75, 3.05) is 6.54 Å². The first-order valence-electron chi connectivity index (χ1n) is 9.41. The Kier molecular flexibility index (Phi) is 3.49. The smallest absolute Gasteiger partial charge is 0.151 e. The van der Waals surface area contributed by atoms with Crippen LogP contribution in [0.25, 0.3) is 16.7 Å². The van der Waals surface area contributed by atoms with Gasteiger partial charge in [0.05, 0.1) is 6.54 Å². The first kappa shape index (κ1) is 15.2. The number of carbonyl (C=O) groups is 1. The van der Waals surface area contributed by atoms with Gasteiger partial charge in [0.2, 0.25) is 0 Å². The highest BCUT2D eigenvalue weighted by Gasteiger charge is 2.52. The number of nitrogens with one attached hydrogen (secondary N) is 1. The van der Waals surface area contributed by atoms with Gasteiger partial charge in [-0.1, -0.05) is 24.8 Å². The van der Waals surface area contributed by atoms with Crippen LogP contribution in [-0.2, 0) is 9.53 Å². The number of rotatable bonds is 3. The van der Waals surface area contributed by atoms with Crippen LogP contribution in [0.15, 0.2) is 37.0 Å². The molecule has 2 aromatic rings. The number of para-hydroxylation sites is 1. The van der Waals surface area contributed by atoms with Gasteiger partial charge in [0.15, 0.2) is 5.78 Å². The molecule has 3 unspecified atom stereocenters. The van der Waals surface area contributed by atoms with E-state index in [2.05, 4.69) is 28.6 Å². The van der Waals surface area contributed by atoms with E-state index in [4.69, 9.17) is 4.74 Å². The third-order valence-corrected chi connectivity index (χ3v) is 6.40. The molecule has 1 N–H and O–H groups in total. The second kappa shape index (κ2) is 5.73. The summed E-state index contributed by atoms with van der Waals surface area (Å²) in [6.45, 7) is 4.87. The van der Waals surface area contributed by atoms with Crippen molar-refractivity contribution in [3.63, 3.8) is 0 Å². The highest BCUT2D eigenvalue weighted by atomic mass is 16.5. The van der Waals surface area contributed by atoms with Crippen molar-refractivity contribution in [1.29, 1.82) is 0 Å². The first-order chi connectivity index (χ1) is 12.2. The predicted molar refractivity (Wildman–Crippen MR) is 98.1 cm³/mol. The van der Waals surface area contributed by atoms with E-state index in [1.54, 1.807) is 0 Å². The van der Waals surface area contributed by atoms with Gasteiger partial charge in [0, 0.05) is 40.7 Å². The summed E-state index contributed by atoms with van der Waals surface area (Å²) in [5, 5.41) is 1.16. The number of hydrogen-bond acceptors (Lipinski definition) is 3. The van der Waals surface area contributed by atoms with Crippen LogP contribution in [0.2, 0.25) is 0 Å². The molecule has 1 saturated carbocycles. The van der Waals surface area contributed by atoms with Crippen molar-refractivity contribution < 1.29 is 9.53 Å². The second-order valence-corrected chi connectivity index (χ2v) is 7.78. The second-order valence-electron chi connectivity index (χ2n) is 7.78. The van der Waals surface area contributed by atoms with Crippen molar-refractivity contribution in [2.24, 2.45) is 5.92 Å². The number of benzene rings is 1. The topological polar surface area (TPSA) is 45.3 Å². The number of ether oxygens (including phenoxy) is 1. The lowest BCUT2D eigenvalue weighted by Crippen LogP contribution is -2.54. The molecule has 1 aromatic carbocycles. The number of Topliss-reactive ketones (excluding diaryl/α,β-unsaturated/α-hetero) is 1. The van der Waals surface area contributed by atoms with Crippen LogP contribution in [0, 0.1) is 5.92 Å². The molecule has 0 spiro atoms. The maximum atomic E-state index is 12.2. The number of fused-ring (bicyclic) bond motifs is 5. The fourth-order valence-electron chi connectivity index (χ4n) is 5.08. The monoisotopic (exact) mass is 336 g/mol. The summed E-state index contributed by atoms with van der Waals surface area (Å²) in [6, 6.07) is 9.28. The molecule has 1 aliphatic carbocycles. The zero-order valence-corrected chi connectivity index (χ0v) is 14.4. The molecule has 4 aliphatic rings. The van der Waals surface area contributed by atoms with Crippen molar-refractivity contribution in [3.05, 3.63) is 42.6 Å². The van der Waals surface area contributed by atoms with E-state index in [9.17, 15) is 4.79 Å². The maximum absolute atomic E-state index is 12.2. The van der Waals surface area contributed by atoms with Crippen LogP contribution in [0.1, 0.15) is 37.7 Å². The summed E-state index contributed by atoms with van der Waals surface area (Å²) >= 11 is 0. The van der Waals surface area contributed by atoms with Gasteiger partial charge in [-0.3, -0.25) is 9.69 Å². The molecule has 3 aliphatic heterocycles. The molecule has 6 rings (SSSR count). The molecule has 4 heteroatoms. The minimum absolute atomic E-state index is 0.196. The van der Waals surface area contributed by atoms with Crippen LogP contribution < -0.4 is 0 Å². The number of carbonyl (C=O) groups excluding carboxylic acids is 1. The molecule has 3 saturated heterocycles. The third-order valence-electron chi connectivity index (χ3n) is 6.40. The molecular weight excluding hydrogens is 312 g/mol. The quantitative estimate of drug-likeness (QED) is 0.869. The maximum Gasteiger partial charge on any atom is 0.151 e. The number of aromatic amines is 1. The first-order valence-corrected chi connectivity index (χ1v) is 9.41. The fourth-order valence-corrected chi connectivity index (χ4v) is 5.08. The molecule has 1 aromatic heterocycles. The lowest BCUT2D eigenvalue weighted by atomic mass is 9.84. The van der Waals surface area contributed by atoms with Crippen LogP contribution in [0.4, 0.5) is 0 Å². The predicted octanol–water partition coefficient (Wildman–Crippen LogP) is 3.74. The van der Waals surface area contributed by atoms with Crippen LogP contribution in [0.5, 0.6) is 0 Å². The van der Waals surface area contributed by atoms with Gasteiger partial charge in [-0.2, -0.15) is 0 Å². The van der Waals surface area contributed by atoms with E-state index in [-0.39, 0.29) is 12.0 Å². The van der Waals surface area contributed by atoms with Gasteiger partial charge in [-0.15, -0.1) is 0 Å². The summed E-state index contributed by atoms with van der Waals surface area (Å²) in [4.78, 5) is 17.9. The summed E-state index contributed by atoms with van der Waals surface area (Å²) in [5.74, 6) is 1.51. The number of H-pyrrole nitrogens is 1. The molecule has 4 nitrogen and oxygen atoms in total. The standard InChI is InChI=1S/C21H24N2O2/c1-13(18-11-22-19-8-3-2-6-16(18)19)25-15-5-4-7-17-20-10-14(9-15)23(20)12-21(17)24/h2-3,6,8,11,14-15,17,20,22H,1,4-5,7,9-10,12H2/t14-,15-,17?,20?/m0/s1. The van der Waals surface area contributed by atoms with Crippen molar-refractivity contribution in [1.82, 2.24) is 9.88 Å². The number of ketones is 1. The lowest BCUT2D eigenvalue weighted by molar-refractivity contribution is -0.120. The van der Waals surface area contributed by atoms with E-state index >= 15 is 0 Å². The lowest BCUT2D eigenvalue weighted by Gasteiger charge is -2.46. The average molecular weight is 336 g/mol. The Morgan fingerprint density at radius 2 is 2.12 bits per heavy atom. The number of hydrogen-bond donors (Lipinski definition) is 1. The summed E-state index contributed by atoms with van der Waals surface area (Å²) in [6.07, 6.45) is 7.47. The normalized spacial score (nSPS) is 34.1. The van der Waals surface area contributed by atoms with E-state index in [1.807, 2.05) is 18.3 Å². The molecule has 4 heterocycles. The van der Waals surface area contributed by atoms with Gasteiger partial charge in [0.25, 0.3) is 0 Å². The minimum atomic E-state index is 0.196. The van der Waals surface area contributed by atoms with E-state index < -0.39 is 0 Å². The molecule has 130 valence electrons. The Morgan fingerprint density at radius 3 is 3.04 bits per heavy atom. The third kappa shape index (κ3) is 2.43. The van der Waals surface area contributed by atoms with Gasteiger partial charge in [0.1, 0.15) is 11.9 Å². The molecular formula is C21H24N2O2. The molecule has 4 fully saturated rings. The van der Waals surface area contributed by atoms with Crippen LogP contribution >= 0.6 is 0 Å². The zero-order valence-electron chi connectivity index (χ0n) is 14.4. The Bertz CT molecular complexity index is 839. The molecule has 4 bridgehead atoms. The van der Waals surface area contributed by atoms with E-state index in [0.717, 1.165) is 54.3 Å². The van der Waals surface area contributed by atoms with Gasteiger partial charge in [-0.05, 0) is 38.2 Å². The Morgan fingerprint density at radius 1 is 1.24 bits per heavy atom. The minimum Gasteiger partial charge on any atom is -0.490 e. The van der Waals surface area contributed by atoms with Crippen LogP contribution in [0.3, 0.4) is 0 Å². The highest BCUT2D eigenvalue weighted by molar-refractivity contribution is 5.90. The van der Waals surface area contributed by atoms with E-state index in [0.29, 0.717) is 24.4 Å². The molecule has 0 radical (unpaired) electrons. The summed E-state index contributed by atoms with van der Waals surface area (Å²) < 4.78 is 6.34. The Labute approximate surface area is 147 Å². The molecule has 5 atom stereocenters. The van der Waals surface area contributed by atoms with Crippen LogP contribution in [-0.4, -0.2) is 40.4 Å². The summed E-state index contributed by atoms with van der Waals surface area (Å²) in [7, 11) is 0. The Hall–Kier alpha value is -2.07. The van der Waals surface area contributed by atoms with Gasteiger partial charge in [-0.25, -0.2) is 0 Å². The van der Waals surface area contributed by atoms with E-state index in [1.165, 1.54) is 0 Å². The highest BCUT2D eigenvalue weighted by Crippen LogP contribution is 2.43. The number of aromatic nitrogens is 1. The van der Waals surface area contributed by atoms with Gasteiger partial charge < -0.3 is 9.72 Å². The molecule has 25 heavy (non-hydrogen) atoms. The Balaban J connectivity index is 1.32. The average Bonchev–Trinajstić information content (AvgIpc) is 3.16. The SMILES string of the molecule is C=C(O[C@H]1CCCC2C(=O)CN3C2C[C@@H]3C1)c1c[nH]c2ccccc12. The van der Waals surface area contributed by atoms with Crippen molar-refractivity contribution in [3.8, 4) is 0 Å². The van der Waals surface area contributed by atoms with Gasteiger partial charge >= 0.3 is 0 Å². The van der Waals surface area contributed by atoms with Crippen molar-refractivity contribution in [2.45, 2.75) is 50.3 Å². The molecule has 0 amide bonds. The fraction of sp³-hybridized carbons (Fsp3) is 0.476.